The summed E-state index contributed by atoms with van der Waals surface area (Å²) in [6, 6.07) is 5.75. The molecule has 0 saturated heterocycles. The molecule has 0 spiro atoms. The first-order valence-electron chi connectivity index (χ1n) is 5.14. The largest absolute Gasteiger partial charge is 0.477 e. The summed E-state index contributed by atoms with van der Waals surface area (Å²) in [7, 11) is 1.53. The van der Waals surface area contributed by atoms with Crippen molar-refractivity contribution in [2.24, 2.45) is 0 Å². The van der Waals surface area contributed by atoms with Gasteiger partial charge in [0, 0.05) is 19.0 Å². The van der Waals surface area contributed by atoms with Gasteiger partial charge in [-0.3, -0.25) is 0 Å². The predicted octanol–water partition coefficient (Wildman–Crippen LogP) is 2.12. The summed E-state index contributed by atoms with van der Waals surface area (Å²) < 4.78 is 19.6. The summed E-state index contributed by atoms with van der Waals surface area (Å²) >= 11 is 0. The standard InChI is InChI=1S/C12H12FNO3/c1-17-5-4-14-10-7-9(13)3-2-8(10)6-11(14)12(15)16/h2-3,6-7H,4-5H2,1H3,(H,15,16). The molecule has 2 rings (SSSR count). The second-order valence-electron chi connectivity index (χ2n) is 3.68. The molecule has 4 nitrogen and oxygen atoms in total. The van der Waals surface area contributed by atoms with E-state index in [1.54, 1.807) is 10.6 Å². The van der Waals surface area contributed by atoms with Gasteiger partial charge >= 0.3 is 5.97 Å². The Balaban J connectivity index is 2.60. The van der Waals surface area contributed by atoms with Crippen LogP contribution in [0.3, 0.4) is 0 Å². The lowest BCUT2D eigenvalue weighted by Crippen LogP contribution is -2.11. The molecule has 0 bridgehead atoms. The van der Waals surface area contributed by atoms with Gasteiger partial charge < -0.3 is 14.4 Å². The molecule has 1 N–H and O–H groups in total. The summed E-state index contributed by atoms with van der Waals surface area (Å²) in [6.45, 7) is 0.756. The number of aromatic carboxylic acids is 1. The van der Waals surface area contributed by atoms with Gasteiger partial charge in [0.15, 0.2) is 0 Å². The third-order valence-electron chi connectivity index (χ3n) is 2.60. The Morgan fingerprint density at radius 1 is 1.47 bits per heavy atom. The molecule has 0 atom stereocenters. The maximum absolute atomic E-state index is 13.2. The molecule has 0 radical (unpaired) electrons. The van der Waals surface area contributed by atoms with Gasteiger partial charge in [-0.2, -0.15) is 0 Å². The van der Waals surface area contributed by atoms with Crippen molar-refractivity contribution in [3.05, 3.63) is 35.8 Å². The first-order chi connectivity index (χ1) is 8.13. The number of halogens is 1. The number of hydrogen-bond acceptors (Lipinski definition) is 2. The molecule has 0 unspecified atom stereocenters. The van der Waals surface area contributed by atoms with E-state index in [0.29, 0.717) is 24.1 Å². The Kier molecular flexibility index (Phi) is 3.10. The highest BCUT2D eigenvalue weighted by Crippen LogP contribution is 2.21. The van der Waals surface area contributed by atoms with Gasteiger partial charge in [0.2, 0.25) is 0 Å². The van der Waals surface area contributed by atoms with Gasteiger partial charge in [-0.15, -0.1) is 0 Å². The number of fused-ring (bicyclic) bond motifs is 1. The summed E-state index contributed by atoms with van der Waals surface area (Å²) in [4.78, 5) is 11.1. The fourth-order valence-electron chi connectivity index (χ4n) is 1.83. The monoisotopic (exact) mass is 237 g/mol. The number of methoxy groups -OCH3 is 1. The second kappa shape index (κ2) is 4.55. The van der Waals surface area contributed by atoms with Crippen molar-refractivity contribution in [3.8, 4) is 0 Å². The Morgan fingerprint density at radius 2 is 2.24 bits per heavy atom. The normalized spacial score (nSPS) is 10.9. The maximum atomic E-state index is 13.2. The molecular weight excluding hydrogens is 225 g/mol. The van der Waals surface area contributed by atoms with Gasteiger partial charge in [0.1, 0.15) is 11.5 Å². The molecule has 0 amide bonds. The van der Waals surface area contributed by atoms with Crippen LogP contribution < -0.4 is 0 Å². The zero-order valence-electron chi connectivity index (χ0n) is 9.31. The van der Waals surface area contributed by atoms with Gasteiger partial charge in [0.05, 0.1) is 12.1 Å². The lowest BCUT2D eigenvalue weighted by Gasteiger charge is -2.07. The van der Waals surface area contributed by atoms with Crippen molar-refractivity contribution in [2.45, 2.75) is 6.54 Å². The van der Waals surface area contributed by atoms with Crippen molar-refractivity contribution in [1.29, 1.82) is 0 Å². The lowest BCUT2D eigenvalue weighted by molar-refractivity contribution is 0.0683. The Labute approximate surface area is 97.2 Å². The molecule has 0 fully saturated rings. The van der Waals surface area contributed by atoms with Crippen molar-refractivity contribution in [3.63, 3.8) is 0 Å². The molecule has 17 heavy (non-hydrogen) atoms. The van der Waals surface area contributed by atoms with Gasteiger partial charge in [-0.1, -0.05) is 0 Å². The van der Waals surface area contributed by atoms with Gasteiger partial charge in [-0.05, 0) is 24.3 Å². The van der Waals surface area contributed by atoms with Crippen LogP contribution in [-0.4, -0.2) is 29.4 Å². The summed E-state index contributed by atoms with van der Waals surface area (Å²) in [5.74, 6) is -1.41. The third kappa shape index (κ3) is 2.14. The number of rotatable bonds is 4. The maximum Gasteiger partial charge on any atom is 0.352 e. The molecule has 1 heterocycles. The lowest BCUT2D eigenvalue weighted by atomic mass is 10.2. The highest BCUT2D eigenvalue weighted by atomic mass is 19.1. The number of aromatic nitrogens is 1. The fourth-order valence-corrected chi connectivity index (χ4v) is 1.83. The Morgan fingerprint density at radius 3 is 2.88 bits per heavy atom. The van der Waals surface area contributed by atoms with Crippen LogP contribution in [0.15, 0.2) is 24.3 Å². The molecule has 90 valence electrons. The molecule has 1 aromatic carbocycles. The average molecular weight is 237 g/mol. The van der Waals surface area contributed by atoms with Crippen molar-refractivity contribution >= 4 is 16.9 Å². The van der Waals surface area contributed by atoms with E-state index in [-0.39, 0.29) is 11.5 Å². The smallest absolute Gasteiger partial charge is 0.352 e. The highest BCUT2D eigenvalue weighted by molar-refractivity contribution is 5.94. The molecule has 0 saturated carbocycles. The van der Waals surface area contributed by atoms with E-state index >= 15 is 0 Å². The minimum Gasteiger partial charge on any atom is -0.477 e. The minimum absolute atomic E-state index is 0.141. The number of nitrogens with zero attached hydrogens (tertiary/aromatic N) is 1. The first kappa shape index (κ1) is 11.6. The van der Waals surface area contributed by atoms with Crippen LogP contribution in [0.4, 0.5) is 4.39 Å². The summed E-state index contributed by atoms with van der Waals surface area (Å²) in [5.41, 5.74) is 0.710. The molecule has 5 heteroatoms. The SMILES string of the molecule is COCCn1c(C(=O)O)cc2ccc(F)cc21. The third-order valence-corrected chi connectivity index (χ3v) is 2.60. The molecular formula is C12H12FNO3. The topological polar surface area (TPSA) is 51.5 Å². The van der Waals surface area contributed by atoms with E-state index in [4.69, 9.17) is 9.84 Å². The van der Waals surface area contributed by atoms with Crippen LogP contribution in [-0.2, 0) is 11.3 Å². The van der Waals surface area contributed by atoms with Crippen LogP contribution in [0.5, 0.6) is 0 Å². The van der Waals surface area contributed by atoms with E-state index in [1.807, 2.05) is 0 Å². The number of carboxylic acid groups (broad SMARTS) is 1. The van der Waals surface area contributed by atoms with Gasteiger partial charge in [0.25, 0.3) is 0 Å². The van der Waals surface area contributed by atoms with Crippen LogP contribution >= 0.6 is 0 Å². The molecule has 0 aliphatic rings. The Hall–Kier alpha value is -1.88. The van der Waals surface area contributed by atoms with E-state index < -0.39 is 5.97 Å². The van der Waals surface area contributed by atoms with E-state index in [9.17, 15) is 9.18 Å². The zero-order valence-corrected chi connectivity index (χ0v) is 9.31. The number of hydrogen-bond donors (Lipinski definition) is 1. The average Bonchev–Trinajstić information content (AvgIpc) is 2.64. The van der Waals surface area contributed by atoms with E-state index in [0.717, 1.165) is 0 Å². The molecule has 0 aliphatic heterocycles. The number of benzene rings is 1. The number of ether oxygens (including phenoxy) is 1. The minimum atomic E-state index is -1.03. The quantitative estimate of drug-likeness (QED) is 0.886. The summed E-state index contributed by atoms with van der Waals surface area (Å²) in [6.07, 6.45) is 0. The van der Waals surface area contributed by atoms with Crippen molar-refractivity contribution in [2.75, 3.05) is 13.7 Å². The Bertz CT molecular complexity index is 562. The predicted molar refractivity (Wildman–Crippen MR) is 60.7 cm³/mol. The second-order valence-corrected chi connectivity index (χ2v) is 3.68. The van der Waals surface area contributed by atoms with Crippen LogP contribution in [0.1, 0.15) is 10.5 Å². The van der Waals surface area contributed by atoms with Crippen molar-refractivity contribution < 1.29 is 19.0 Å². The molecule has 0 aliphatic carbocycles. The number of carboxylic acids is 1. The first-order valence-corrected chi connectivity index (χ1v) is 5.14. The fraction of sp³-hybridized carbons (Fsp3) is 0.250. The number of carbonyl (C=O) groups is 1. The van der Waals surface area contributed by atoms with E-state index in [1.165, 1.54) is 25.3 Å². The molecule has 2 aromatic rings. The summed E-state index contributed by atoms with van der Waals surface area (Å²) in [5, 5.41) is 9.79. The molecule has 1 aromatic heterocycles. The van der Waals surface area contributed by atoms with Crippen LogP contribution in [0.2, 0.25) is 0 Å². The zero-order chi connectivity index (χ0) is 12.4. The highest BCUT2D eigenvalue weighted by Gasteiger charge is 2.14. The van der Waals surface area contributed by atoms with Crippen LogP contribution in [0, 0.1) is 5.82 Å². The van der Waals surface area contributed by atoms with E-state index in [2.05, 4.69) is 0 Å². The van der Waals surface area contributed by atoms with Gasteiger partial charge in [-0.25, -0.2) is 9.18 Å². The van der Waals surface area contributed by atoms with Crippen LogP contribution in [0.25, 0.3) is 10.9 Å². The van der Waals surface area contributed by atoms with Crippen molar-refractivity contribution in [1.82, 2.24) is 4.57 Å².